The second kappa shape index (κ2) is 8.13. The van der Waals surface area contributed by atoms with Gasteiger partial charge >= 0.3 is 0 Å². The number of benzene rings is 4. The van der Waals surface area contributed by atoms with Crippen molar-refractivity contribution < 1.29 is 0 Å². The minimum absolute atomic E-state index is 0.604. The van der Waals surface area contributed by atoms with Gasteiger partial charge in [-0.3, -0.25) is 0 Å². The largest absolute Gasteiger partial charge is 0.0654 e. The zero-order valence-corrected chi connectivity index (χ0v) is 16.7. The maximum absolute atomic E-state index is 2.41. The third-order valence-electron chi connectivity index (χ3n) is 6.03. The zero-order valence-electron chi connectivity index (χ0n) is 16.7. The van der Waals surface area contributed by atoms with Gasteiger partial charge in [-0.1, -0.05) is 101 Å². The summed E-state index contributed by atoms with van der Waals surface area (Å²) >= 11 is 0. The van der Waals surface area contributed by atoms with Crippen LogP contribution in [-0.2, 0) is 0 Å². The van der Waals surface area contributed by atoms with Crippen molar-refractivity contribution in [3.63, 3.8) is 0 Å². The Morgan fingerprint density at radius 3 is 2.19 bits per heavy atom. The van der Waals surface area contributed by atoms with Gasteiger partial charge in [-0.15, -0.1) is 0 Å². The Labute approximate surface area is 163 Å². The zero-order chi connectivity index (χ0) is 18.6. The molecule has 0 radical (unpaired) electrons. The van der Waals surface area contributed by atoms with E-state index in [9.17, 15) is 0 Å². The molecule has 0 saturated heterocycles. The normalized spacial score (nSPS) is 12.8. The van der Waals surface area contributed by atoms with E-state index in [0.717, 1.165) is 0 Å². The molecular formula is C27H30. The van der Waals surface area contributed by atoms with Crippen LogP contribution in [0.2, 0.25) is 0 Å². The average Bonchev–Trinajstić information content (AvgIpc) is 2.71. The molecule has 0 spiro atoms. The second-order valence-corrected chi connectivity index (χ2v) is 8.04. The van der Waals surface area contributed by atoms with E-state index >= 15 is 0 Å². The molecule has 0 amide bonds. The van der Waals surface area contributed by atoms with E-state index in [1.165, 1.54) is 76.4 Å². The lowest BCUT2D eigenvalue weighted by Crippen LogP contribution is -1.96. The molecule has 0 bridgehead atoms. The number of rotatable bonds is 7. The van der Waals surface area contributed by atoms with Crippen LogP contribution in [0.15, 0.2) is 66.7 Å². The van der Waals surface area contributed by atoms with Crippen LogP contribution in [0.25, 0.3) is 32.3 Å². The molecule has 1 atom stereocenters. The number of fused-ring (bicyclic) bond motifs is 4. The SMILES string of the molecule is CCCCCCCC(C)c1cccc2ccc3cc4ccccc4cc3c12. The summed E-state index contributed by atoms with van der Waals surface area (Å²) in [5.41, 5.74) is 1.52. The fourth-order valence-electron chi connectivity index (χ4n) is 4.45. The van der Waals surface area contributed by atoms with E-state index in [1.54, 1.807) is 0 Å². The molecule has 0 fully saturated rings. The van der Waals surface area contributed by atoms with Gasteiger partial charge in [-0.2, -0.15) is 0 Å². The fraction of sp³-hybridized carbons (Fsp3) is 0.333. The molecule has 0 heterocycles. The molecule has 0 nitrogen and oxygen atoms in total. The highest BCUT2D eigenvalue weighted by molar-refractivity contribution is 6.13. The summed E-state index contributed by atoms with van der Waals surface area (Å²) in [6.45, 7) is 4.70. The maximum atomic E-state index is 2.41. The van der Waals surface area contributed by atoms with E-state index in [4.69, 9.17) is 0 Å². The van der Waals surface area contributed by atoms with Gasteiger partial charge < -0.3 is 0 Å². The summed E-state index contributed by atoms with van der Waals surface area (Å²) < 4.78 is 0. The number of unbranched alkanes of at least 4 members (excludes halogenated alkanes) is 4. The summed E-state index contributed by atoms with van der Waals surface area (Å²) in [5, 5.41) is 8.24. The van der Waals surface area contributed by atoms with E-state index in [0.29, 0.717) is 5.92 Å². The molecule has 0 aliphatic heterocycles. The van der Waals surface area contributed by atoms with Crippen LogP contribution in [-0.4, -0.2) is 0 Å². The van der Waals surface area contributed by atoms with Gasteiger partial charge in [0.05, 0.1) is 0 Å². The number of hydrogen-bond acceptors (Lipinski definition) is 0. The van der Waals surface area contributed by atoms with Crippen molar-refractivity contribution >= 4 is 32.3 Å². The van der Waals surface area contributed by atoms with Gasteiger partial charge in [-0.05, 0) is 62.4 Å². The van der Waals surface area contributed by atoms with Crippen LogP contribution in [0.1, 0.15) is 63.9 Å². The topological polar surface area (TPSA) is 0 Å². The molecule has 0 aromatic heterocycles. The summed E-state index contributed by atoms with van der Waals surface area (Å²) in [6.07, 6.45) is 8.07. The van der Waals surface area contributed by atoms with Crippen molar-refractivity contribution in [3.05, 3.63) is 72.3 Å². The van der Waals surface area contributed by atoms with E-state index in [-0.39, 0.29) is 0 Å². The lowest BCUT2D eigenvalue weighted by atomic mass is 9.88. The molecule has 4 aromatic carbocycles. The Morgan fingerprint density at radius 2 is 1.37 bits per heavy atom. The quantitative estimate of drug-likeness (QED) is 0.177. The summed E-state index contributed by atoms with van der Waals surface area (Å²) in [4.78, 5) is 0. The molecule has 0 N–H and O–H groups in total. The van der Waals surface area contributed by atoms with Crippen molar-refractivity contribution in [1.29, 1.82) is 0 Å². The van der Waals surface area contributed by atoms with Crippen molar-refractivity contribution in [2.75, 3.05) is 0 Å². The van der Waals surface area contributed by atoms with Gasteiger partial charge in [-0.25, -0.2) is 0 Å². The van der Waals surface area contributed by atoms with Gasteiger partial charge in [0.1, 0.15) is 0 Å². The lowest BCUT2D eigenvalue weighted by molar-refractivity contribution is 0.568. The predicted octanol–water partition coefficient (Wildman–Crippen LogP) is 8.61. The van der Waals surface area contributed by atoms with Crippen molar-refractivity contribution in [2.45, 2.75) is 58.3 Å². The summed E-state index contributed by atoms with van der Waals surface area (Å²) in [7, 11) is 0. The highest BCUT2D eigenvalue weighted by Crippen LogP contribution is 2.36. The molecule has 0 aliphatic carbocycles. The van der Waals surface area contributed by atoms with E-state index < -0.39 is 0 Å². The Hall–Kier alpha value is -2.34. The molecular weight excluding hydrogens is 324 g/mol. The first kappa shape index (κ1) is 18.0. The second-order valence-electron chi connectivity index (χ2n) is 8.04. The minimum atomic E-state index is 0.604. The molecule has 27 heavy (non-hydrogen) atoms. The van der Waals surface area contributed by atoms with Crippen LogP contribution in [0.3, 0.4) is 0 Å². The summed E-state index contributed by atoms with van der Waals surface area (Å²) in [6, 6.07) is 24.9. The smallest absolute Gasteiger partial charge is 0.00704 e. The minimum Gasteiger partial charge on any atom is -0.0654 e. The molecule has 4 rings (SSSR count). The summed E-state index contributed by atoms with van der Waals surface area (Å²) in [5.74, 6) is 0.604. The first-order valence-electron chi connectivity index (χ1n) is 10.6. The third kappa shape index (κ3) is 3.72. The van der Waals surface area contributed by atoms with Gasteiger partial charge in [0, 0.05) is 0 Å². The van der Waals surface area contributed by atoms with Gasteiger partial charge in [0.15, 0.2) is 0 Å². The van der Waals surface area contributed by atoms with E-state index in [2.05, 4.69) is 80.6 Å². The fourth-order valence-corrected chi connectivity index (χ4v) is 4.45. The Morgan fingerprint density at radius 1 is 0.667 bits per heavy atom. The van der Waals surface area contributed by atoms with Crippen LogP contribution in [0.4, 0.5) is 0 Å². The van der Waals surface area contributed by atoms with Crippen molar-refractivity contribution in [2.24, 2.45) is 0 Å². The van der Waals surface area contributed by atoms with Crippen molar-refractivity contribution in [1.82, 2.24) is 0 Å². The molecule has 0 aliphatic rings. The van der Waals surface area contributed by atoms with Crippen LogP contribution < -0.4 is 0 Å². The monoisotopic (exact) mass is 354 g/mol. The van der Waals surface area contributed by atoms with Crippen LogP contribution in [0, 0.1) is 0 Å². The molecule has 4 aromatic rings. The van der Waals surface area contributed by atoms with Crippen LogP contribution >= 0.6 is 0 Å². The Kier molecular flexibility index (Phi) is 5.43. The van der Waals surface area contributed by atoms with Crippen LogP contribution in [0.5, 0.6) is 0 Å². The van der Waals surface area contributed by atoms with Gasteiger partial charge in [0.2, 0.25) is 0 Å². The van der Waals surface area contributed by atoms with Gasteiger partial charge in [0.25, 0.3) is 0 Å². The average molecular weight is 355 g/mol. The first-order chi connectivity index (χ1) is 13.3. The number of hydrogen-bond donors (Lipinski definition) is 0. The molecule has 0 heteroatoms. The Bertz CT molecular complexity index is 1060. The van der Waals surface area contributed by atoms with E-state index in [1.807, 2.05) is 0 Å². The molecule has 138 valence electrons. The lowest BCUT2D eigenvalue weighted by Gasteiger charge is -2.17. The molecule has 0 saturated carbocycles. The Balaban J connectivity index is 1.76. The van der Waals surface area contributed by atoms with Crippen molar-refractivity contribution in [3.8, 4) is 0 Å². The molecule has 1 unspecified atom stereocenters. The highest BCUT2D eigenvalue weighted by Gasteiger charge is 2.12. The maximum Gasteiger partial charge on any atom is -0.00704 e. The first-order valence-corrected chi connectivity index (χ1v) is 10.6. The highest BCUT2D eigenvalue weighted by atomic mass is 14.2. The predicted molar refractivity (Wildman–Crippen MR) is 121 cm³/mol. The third-order valence-corrected chi connectivity index (χ3v) is 6.03. The standard InChI is InChI=1S/C27H30/c1-3-4-5-6-7-11-20(2)25-15-10-14-21-16-17-24-18-22-12-8-9-13-23(22)19-26(24)27(21)25/h8-10,12-20H,3-7,11H2,1-2H3.